The predicted octanol–water partition coefficient (Wildman–Crippen LogP) is 3.99. The average Bonchev–Trinajstić information content (AvgIpc) is 2.59. The topological polar surface area (TPSA) is 80.5 Å². The molecule has 0 aromatic heterocycles. The van der Waals surface area contributed by atoms with Crippen molar-refractivity contribution in [2.75, 3.05) is 10.8 Å². The maximum absolute atomic E-state index is 12.9. The maximum atomic E-state index is 12.9. The SMILES string of the molecule is C=CCN(c1cccc(C(F)(F)F)c1)S(=O)(=O)c1cccc([N+](=O)[O-])c1. The Morgan fingerprint density at radius 1 is 1.15 bits per heavy atom. The van der Waals surface area contributed by atoms with E-state index in [2.05, 4.69) is 6.58 Å². The standard InChI is InChI=1S/C16H13F3N2O4S/c1-2-9-20(13-6-3-5-12(10-13)16(17,18)19)26(24,25)15-8-4-7-14(11-15)21(22)23/h2-8,10-11H,1,9H2. The summed E-state index contributed by atoms with van der Waals surface area (Å²) in [5.41, 5.74) is -1.70. The van der Waals surface area contributed by atoms with Gasteiger partial charge in [0.15, 0.2) is 0 Å². The van der Waals surface area contributed by atoms with Crippen LogP contribution in [0.15, 0.2) is 66.1 Å². The van der Waals surface area contributed by atoms with E-state index in [1.807, 2.05) is 0 Å². The highest BCUT2D eigenvalue weighted by atomic mass is 32.2. The van der Waals surface area contributed by atoms with Crippen molar-refractivity contribution in [2.24, 2.45) is 0 Å². The number of nitro benzene ring substituents is 1. The third kappa shape index (κ3) is 4.02. The van der Waals surface area contributed by atoms with Gasteiger partial charge in [-0.05, 0) is 24.3 Å². The van der Waals surface area contributed by atoms with Crippen molar-refractivity contribution < 1.29 is 26.5 Å². The molecule has 0 N–H and O–H groups in total. The van der Waals surface area contributed by atoms with Crippen LogP contribution in [0.5, 0.6) is 0 Å². The molecule has 0 bridgehead atoms. The van der Waals surface area contributed by atoms with Gasteiger partial charge in [-0.15, -0.1) is 6.58 Å². The number of hydrogen-bond acceptors (Lipinski definition) is 4. The summed E-state index contributed by atoms with van der Waals surface area (Å²) in [5.74, 6) is 0. The Morgan fingerprint density at radius 2 is 1.81 bits per heavy atom. The number of non-ortho nitro benzene ring substituents is 1. The van der Waals surface area contributed by atoms with E-state index in [1.165, 1.54) is 18.2 Å². The molecule has 0 aliphatic rings. The van der Waals surface area contributed by atoms with Crippen LogP contribution in [0.2, 0.25) is 0 Å². The van der Waals surface area contributed by atoms with Gasteiger partial charge < -0.3 is 0 Å². The molecule has 2 aromatic rings. The number of sulfonamides is 1. The normalized spacial score (nSPS) is 11.8. The van der Waals surface area contributed by atoms with Crippen molar-refractivity contribution in [3.8, 4) is 0 Å². The molecule has 0 saturated heterocycles. The Bertz CT molecular complexity index is 943. The van der Waals surface area contributed by atoms with Crippen LogP contribution in [0.3, 0.4) is 0 Å². The second-order valence-electron chi connectivity index (χ2n) is 5.13. The van der Waals surface area contributed by atoms with E-state index in [1.54, 1.807) is 0 Å². The average molecular weight is 386 g/mol. The minimum Gasteiger partial charge on any atom is -0.263 e. The van der Waals surface area contributed by atoms with E-state index in [0.29, 0.717) is 10.4 Å². The zero-order chi connectivity index (χ0) is 19.5. The number of benzene rings is 2. The van der Waals surface area contributed by atoms with Crippen molar-refractivity contribution in [1.82, 2.24) is 0 Å². The molecule has 6 nitrogen and oxygen atoms in total. The molecule has 0 aliphatic heterocycles. The molecule has 138 valence electrons. The molecule has 2 rings (SSSR count). The van der Waals surface area contributed by atoms with Crippen LogP contribution in [-0.2, 0) is 16.2 Å². The fourth-order valence-corrected chi connectivity index (χ4v) is 3.65. The molecular weight excluding hydrogens is 373 g/mol. The Labute approximate surface area is 147 Å². The largest absolute Gasteiger partial charge is 0.416 e. The molecule has 26 heavy (non-hydrogen) atoms. The number of nitro groups is 1. The Kier molecular flexibility index (Phi) is 5.36. The van der Waals surface area contributed by atoms with Crippen molar-refractivity contribution in [3.63, 3.8) is 0 Å². The minimum atomic E-state index is -4.65. The molecule has 10 heteroatoms. The number of halogens is 3. The second kappa shape index (κ2) is 7.16. The highest BCUT2D eigenvalue weighted by molar-refractivity contribution is 7.92. The maximum Gasteiger partial charge on any atom is 0.416 e. The number of rotatable bonds is 6. The summed E-state index contributed by atoms with van der Waals surface area (Å²) in [7, 11) is -4.34. The molecule has 0 fully saturated rings. The van der Waals surface area contributed by atoms with E-state index in [0.717, 1.165) is 30.3 Å². The van der Waals surface area contributed by atoms with Gasteiger partial charge in [0.2, 0.25) is 0 Å². The van der Waals surface area contributed by atoms with E-state index < -0.39 is 37.3 Å². The van der Waals surface area contributed by atoms with Crippen molar-refractivity contribution in [2.45, 2.75) is 11.1 Å². The lowest BCUT2D eigenvalue weighted by Gasteiger charge is -2.24. The summed E-state index contributed by atoms with van der Waals surface area (Å²) in [4.78, 5) is 9.68. The lowest BCUT2D eigenvalue weighted by atomic mass is 10.2. The van der Waals surface area contributed by atoms with Crippen LogP contribution in [0.1, 0.15) is 5.56 Å². The number of anilines is 1. The molecule has 0 aliphatic carbocycles. The summed E-state index contributed by atoms with van der Waals surface area (Å²) in [6.45, 7) is 3.10. The van der Waals surface area contributed by atoms with Crippen LogP contribution in [0, 0.1) is 10.1 Å². The first-order chi connectivity index (χ1) is 12.1. The summed E-state index contributed by atoms with van der Waals surface area (Å²) in [6, 6.07) is 8.06. The van der Waals surface area contributed by atoms with Crippen LogP contribution < -0.4 is 4.31 Å². The number of nitrogens with zero attached hydrogens (tertiary/aromatic N) is 2. The third-order valence-electron chi connectivity index (χ3n) is 3.37. The van der Waals surface area contributed by atoms with Crippen LogP contribution in [0.25, 0.3) is 0 Å². The first-order valence-corrected chi connectivity index (χ1v) is 8.56. The number of alkyl halides is 3. The number of hydrogen-bond donors (Lipinski definition) is 0. The Hall–Kier alpha value is -2.88. The van der Waals surface area contributed by atoms with E-state index >= 15 is 0 Å². The molecule has 0 amide bonds. The van der Waals surface area contributed by atoms with Crippen molar-refractivity contribution >= 4 is 21.4 Å². The fourth-order valence-electron chi connectivity index (χ4n) is 2.18. The van der Waals surface area contributed by atoms with Gasteiger partial charge >= 0.3 is 6.18 Å². The van der Waals surface area contributed by atoms with Crippen LogP contribution >= 0.6 is 0 Å². The van der Waals surface area contributed by atoms with Crippen molar-refractivity contribution in [1.29, 1.82) is 0 Å². The molecular formula is C16H13F3N2O4S. The molecule has 0 saturated carbocycles. The second-order valence-corrected chi connectivity index (χ2v) is 6.99. The predicted molar refractivity (Wildman–Crippen MR) is 89.3 cm³/mol. The highest BCUT2D eigenvalue weighted by Crippen LogP contribution is 2.33. The van der Waals surface area contributed by atoms with Gasteiger partial charge in [-0.3, -0.25) is 14.4 Å². The molecule has 0 atom stereocenters. The fraction of sp³-hybridized carbons (Fsp3) is 0.125. The van der Waals surface area contributed by atoms with Gasteiger partial charge in [0.1, 0.15) is 0 Å². The first kappa shape index (κ1) is 19.4. The van der Waals surface area contributed by atoms with Gasteiger partial charge in [-0.1, -0.05) is 18.2 Å². The van der Waals surface area contributed by atoms with Gasteiger partial charge in [-0.25, -0.2) is 8.42 Å². The summed E-state index contributed by atoms with van der Waals surface area (Å²) in [5, 5.41) is 10.9. The van der Waals surface area contributed by atoms with Gasteiger partial charge in [0.25, 0.3) is 15.7 Å². The van der Waals surface area contributed by atoms with Crippen LogP contribution in [0.4, 0.5) is 24.5 Å². The smallest absolute Gasteiger partial charge is 0.263 e. The molecule has 0 spiro atoms. The van der Waals surface area contributed by atoms with Gasteiger partial charge in [0, 0.05) is 12.1 Å². The third-order valence-corrected chi connectivity index (χ3v) is 5.16. The summed E-state index contributed by atoms with van der Waals surface area (Å²) < 4.78 is 65.1. The lowest BCUT2D eigenvalue weighted by Crippen LogP contribution is -2.31. The van der Waals surface area contributed by atoms with Gasteiger partial charge in [0.05, 0.1) is 27.6 Å². The molecule has 0 heterocycles. The summed E-state index contributed by atoms with van der Waals surface area (Å²) in [6.07, 6.45) is -3.44. The molecule has 0 radical (unpaired) electrons. The van der Waals surface area contributed by atoms with Gasteiger partial charge in [-0.2, -0.15) is 13.2 Å². The molecule has 0 unspecified atom stereocenters. The summed E-state index contributed by atoms with van der Waals surface area (Å²) >= 11 is 0. The monoisotopic (exact) mass is 386 g/mol. The quantitative estimate of drug-likeness (QED) is 0.427. The van der Waals surface area contributed by atoms with E-state index in [-0.39, 0.29) is 12.2 Å². The zero-order valence-electron chi connectivity index (χ0n) is 13.2. The van der Waals surface area contributed by atoms with Crippen LogP contribution in [-0.4, -0.2) is 19.9 Å². The Morgan fingerprint density at radius 3 is 2.38 bits per heavy atom. The Balaban J connectivity index is 2.58. The lowest BCUT2D eigenvalue weighted by molar-refractivity contribution is -0.385. The van der Waals surface area contributed by atoms with Crippen molar-refractivity contribution in [3.05, 3.63) is 76.9 Å². The highest BCUT2D eigenvalue weighted by Gasteiger charge is 2.32. The van der Waals surface area contributed by atoms with E-state index in [9.17, 15) is 31.7 Å². The zero-order valence-corrected chi connectivity index (χ0v) is 14.0. The minimum absolute atomic E-state index is 0.230. The van der Waals surface area contributed by atoms with E-state index in [4.69, 9.17) is 0 Å². The first-order valence-electron chi connectivity index (χ1n) is 7.12. The molecule has 2 aromatic carbocycles.